The van der Waals surface area contributed by atoms with E-state index in [9.17, 15) is 14.9 Å². The Morgan fingerprint density at radius 2 is 1.68 bits per heavy atom. The van der Waals surface area contributed by atoms with Crippen LogP contribution >= 0.6 is 0 Å². The van der Waals surface area contributed by atoms with Gasteiger partial charge in [0.1, 0.15) is 6.61 Å². The lowest BCUT2D eigenvalue weighted by molar-refractivity contribution is -0.385. The third kappa shape index (κ3) is 3.27. The van der Waals surface area contributed by atoms with Crippen molar-refractivity contribution < 1.29 is 14.5 Å². The molecule has 0 fully saturated rings. The van der Waals surface area contributed by atoms with Gasteiger partial charge in [-0.15, -0.1) is 0 Å². The van der Waals surface area contributed by atoms with Crippen molar-refractivity contribution in [2.75, 3.05) is 0 Å². The van der Waals surface area contributed by atoms with Crippen LogP contribution in [0.15, 0.2) is 54.6 Å². The molecule has 114 valence electrons. The first-order valence-electron chi connectivity index (χ1n) is 6.45. The predicted molar refractivity (Wildman–Crippen MR) is 79.4 cm³/mol. The fraction of sp³-hybridized carbons (Fsp3) is 0.133. The van der Waals surface area contributed by atoms with Crippen molar-refractivity contribution in [3.05, 3.63) is 75.8 Å². The number of hydrogen-bond acceptors (Lipinski definition) is 6. The summed E-state index contributed by atoms with van der Waals surface area (Å²) in [5.41, 5.74) is 10.3. The monoisotopic (exact) mass is 301 g/mol. The van der Waals surface area contributed by atoms with Gasteiger partial charge in [-0.3, -0.25) is 10.1 Å². The van der Waals surface area contributed by atoms with Crippen molar-refractivity contribution in [1.82, 2.24) is 0 Å². The highest BCUT2D eigenvalue weighted by Crippen LogP contribution is 2.20. The minimum Gasteiger partial charge on any atom is -0.458 e. The van der Waals surface area contributed by atoms with E-state index in [0.29, 0.717) is 5.56 Å². The lowest BCUT2D eigenvalue weighted by atomic mass is 10.0. The summed E-state index contributed by atoms with van der Waals surface area (Å²) in [6.45, 7) is -0.279. The number of nitrogens with two attached hydrogens (primary N) is 2. The largest absolute Gasteiger partial charge is 0.458 e. The van der Waals surface area contributed by atoms with Gasteiger partial charge in [-0.2, -0.15) is 0 Å². The van der Waals surface area contributed by atoms with Crippen molar-refractivity contribution in [3.8, 4) is 0 Å². The standard InChI is InChI=1S/C15H15N3O4/c16-15(17,12-7-2-1-3-8-12)14(19)22-10-11-6-4-5-9-13(11)18(20)21/h1-9H,10,16-17H2. The summed E-state index contributed by atoms with van der Waals surface area (Å²) < 4.78 is 5.04. The number of nitro groups is 1. The molecular weight excluding hydrogens is 286 g/mol. The molecular formula is C15H15N3O4. The molecule has 2 rings (SSSR count). The third-order valence-corrected chi connectivity index (χ3v) is 3.14. The van der Waals surface area contributed by atoms with Gasteiger partial charge in [0.2, 0.25) is 0 Å². The smallest absolute Gasteiger partial charge is 0.346 e. The van der Waals surface area contributed by atoms with Gasteiger partial charge in [-0.25, -0.2) is 4.79 Å². The van der Waals surface area contributed by atoms with E-state index in [4.69, 9.17) is 16.2 Å². The van der Waals surface area contributed by atoms with Crippen LogP contribution in [0.2, 0.25) is 0 Å². The van der Waals surface area contributed by atoms with E-state index in [2.05, 4.69) is 0 Å². The second-order valence-corrected chi connectivity index (χ2v) is 4.70. The highest BCUT2D eigenvalue weighted by atomic mass is 16.6. The quantitative estimate of drug-likeness (QED) is 0.372. The Balaban J connectivity index is 2.12. The second-order valence-electron chi connectivity index (χ2n) is 4.70. The van der Waals surface area contributed by atoms with E-state index < -0.39 is 16.6 Å². The van der Waals surface area contributed by atoms with Gasteiger partial charge < -0.3 is 16.2 Å². The molecule has 0 spiro atoms. The maximum atomic E-state index is 12.1. The van der Waals surface area contributed by atoms with Crippen LogP contribution in [0.1, 0.15) is 11.1 Å². The van der Waals surface area contributed by atoms with Crippen LogP contribution in [-0.4, -0.2) is 10.9 Å². The summed E-state index contributed by atoms with van der Waals surface area (Å²) in [4.78, 5) is 22.4. The Morgan fingerprint density at radius 3 is 2.32 bits per heavy atom. The molecule has 0 heterocycles. The SMILES string of the molecule is NC(N)(C(=O)OCc1ccccc1[N+](=O)[O-])c1ccccc1. The van der Waals surface area contributed by atoms with Crippen LogP contribution in [0.4, 0.5) is 5.69 Å². The molecule has 0 aliphatic rings. The van der Waals surface area contributed by atoms with Crippen LogP contribution in [0.3, 0.4) is 0 Å². The number of hydrogen-bond donors (Lipinski definition) is 2. The maximum Gasteiger partial charge on any atom is 0.346 e. The van der Waals surface area contributed by atoms with Gasteiger partial charge in [-0.1, -0.05) is 42.5 Å². The Bertz CT molecular complexity index is 686. The fourth-order valence-corrected chi connectivity index (χ4v) is 1.91. The minimum absolute atomic E-state index is 0.130. The number of para-hydroxylation sites is 1. The number of ether oxygens (including phenoxy) is 1. The molecule has 0 radical (unpaired) electrons. The highest BCUT2D eigenvalue weighted by Gasteiger charge is 2.33. The molecule has 0 amide bonds. The molecule has 0 bridgehead atoms. The lowest BCUT2D eigenvalue weighted by Crippen LogP contribution is -2.54. The average molecular weight is 301 g/mol. The van der Waals surface area contributed by atoms with Gasteiger partial charge in [0, 0.05) is 6.07 Å². The first kappa shape index (κ1) is 15.6. The van der Waals surface area contributed by atoms with E-state index in [-0.39, 0.29) is 17.9 Å². The number of nitrogens with zero attached hydrogens (tertiary/aromatic N) is 1. The van der Waals surface area contributed by atoms with Gasteiger partial charge in [0.15, 0.2) is 5.66 Å². The molecule has 2 aromatic carbocycles. The van der Waals surface area contributed by atoms with Gasteiger partial charge >= 0.3 is 5.97 Å². The summed E-state index contributed by atoms with van der Waals surface area (Å²) in [5, 5.41) is 10.9. The van der Waals surface area contributed by atoms with Crippen LogP contribution < -0.4 is 11.5 Å². The van der Waals surface area contributed by atoms with Gasteiger partial charge in [0.05, 0.1) is 10.5 Å². The second kappa shape index (κ2) is 6.33. The molecule has 0 saturated heterocycles. The number of rotatable bonds is 5. The number of carbonyl (C=O) groups is 1. The summed E-state index contributed by atoms with van der Waals surface area (Å²) >= 11 is 0. The van der Waals surface area contributed by atoms with Gasteiger partial charge in [0.25, 0.3) is 5.69 Å². The van der Waals surface area contributed by atoms with Crippen LogP contribution in [0.25, 0.3) is 0 Å². The zero-order chi connectivity index (χ0) is 16.2. The highest BCUT2D eigenvalue weighted by molar-refractivity contribution is 5.81. The Labute approximate surface area is 126 Å². The third-order valence-electron chi connectivity index (χ3n) is 3.14. The Hall–Kier alpha value is -2.77. The Kier molecular flexibility index (Phi) is 4.50. The molecule has 0 aliphatic carbocycles. The molecule has 0 unspecified atom stereocenters. The summed E-state index contributed by atoms with van der Waals surface area (Å²) in [6, 6.07) is 14.3. The number of nitro benzene ring substituents is 1. The molecule has 0 aliphatic heterocycles. The fourth-order valence-electron chi connectivity index (χ4n) is 1.91. The zero-order valence-corrected chi connectivity index (χ0v) is 11.6. The van der Waals surface area contributed by atoms with Crippen LogP contribution in [-0.2, 0) is 21.8 Å². The normalized spacial score (nSPS) is 11.0. The van der Waals surface area contributed by atoms with Crippen molar-refractivity contribution in [2.45, 2.75) is 12.3 Å². The molecule has 7 nitrogen and oxygen atoms in total. The van der Waals surface area contributed by atoms with Crippen molar-refractivity contribution in [1.29, 1.82) is 0 Å². The number of esters is 1. The van der Waals surface area contributed by atoms with E-state index in [1.54, 1.807) is 36.4 Å². The van der Waals surface area contributed by atoms with Crippen molar-refractivity contribution in [2.24, 2.45) is 11.5 Å². The first-order valence-corrected chi connectivity index (χ1v) is 6.45. The Morgan fingerprint density at radius 1 is 1.09 bits per heavy atom. The van der Waals surface area contributed by atoms with Gasteiger partial charge in [-0.05, 0) is 11.6 Å². The molecule has 2 aromatic rings. The number of carbonyl (C=O) groups excluding carboxylic acids is 1. The lowest BCUT2D eigenvalue weighted by Gasteiger charge is -2.22. The molecule has 0 atom stereocenters. The van der Waals surface area contributed by atoms with E-state index >= 15 is 0 Å². The van der Waals surface area contributed by atoms with E-state index in [0.717, 1.165) is 0 Å². The van der Waals surface area contributed by atoms with Crippen molar-refractivity contribution in [3.63, 3.8) is 0 Å². The summed E-state index contributed by atoms with van der Waals surface area (Å²) in [6.07, 6.45) is 0. The predicted octanol–water partition coefficient (Wildman–Crippen LogP) is 1.41. The molecule has 4 N–H and O–H groups in total. The summed E-state index contributed by atoms with van der Waals surface area (Å²) in [7, 11) is 0. The zero-order valence-electron chi connectivity index (χ0n) is 11.6. The molecule has 0 saturated carbocycles. The van der Waals surface area contributed by atoms with E-state index in [1.807, 2.05) is 0 Å². The summed E-state index contributed by atoms with van der Waals surface area (Å²) in [5.74, 6) is -0.864. The molecule has 7 heteroatoms. The first-order chi connectivity index (χ1) is 10.4. The van der Waals surface area contributed by atoms with E-state index in [1.165, 1.54) is 18.2 Å². The number of benzene rings is 2. The van der Waals surface area contributed by atoms with Crippen molar-refractivity contribution >= 4 is 11.7 Å². The van der Waals surface area contributed by atoms with Crippen LogP contribution in [0, 0.1) is 10.1 Å². The maximum absolute atomic E-state index is 12.1. The molecule has 22 heavy (non-hydrogen) atoms. The molecule has 0 aromatic heterocycles. The van der Waals surface area contributed by atoms with Crippen LogP contribution in [0.5, 0.6) is 0 Å². The average Bonchev–Trinajstić information content (AvgIpc) is 2.53. The minimum atomic E-state index is -1.81. The topological polar surface area (TPSA) is 121 Å².